The highest BCUT2D eigenvalue weighted by Crippen LogP contribution is 2.10. The Balaban J connectivity index is 2.58. The summed E-state index contributed by atoms with van der Waals surface area (Å²) < 4.78 is 4.91. The summed E-state index contributed by atoms with van der Waals surface area (Å²) in [5, 5.41) is 2.82. The van der Waals surface area contributed by atoms with Crippen LogP contribution in [0.15, 0.2) is 5.38 Å². The Labute approximate surface area is 75.4 Å². The van der Waals surface area contributed by atoms with E-state index in [0.717, 1.165) is 10.7 Å². The quantitative estimate of drug-likeness (QED) is 0.712. The number of ketones is 1. The number of methoxy groups -OCH3 is 1. The molecule has 1 rings (SSSR count). The summed E-state index contributed by atoms with van der Waals surface area (Å²) in [5.41, 5.74) is 0.847. The van der Waals surface area contributed by atoms with Crippen molar-refractivity contribution in [2.75, 3.05) is 7.11 Å². The zero-order chi connectivity index (χ0) is 8.97. The Bertz CT molecular complexity index is 270. The van der Waals surface area contributed by atoms with Crippen molar-refractivity contribution in [3.8, 4) is 0 Å². The van der Waals surface area contributed by atoms with E-state index in [1.54, 1.807) is 14.0 Å². The highest BCUT2D eigenvalue weighted by atomic mass is 32.1. The van der Waals surface area contributed by atoms with Crippen LogP contribution >= 0.6 is 11.3 Å². The van der Waals surface area contributed by atoms with Gasteiger partial charge in [0, 0.05) is 18.9 Å². The maximum atomic E-state index is 10.7. The first kappa shape index (κ1) is 9.35. The van der Waals surface area contributed by atoms with Crippen LogP contribution in [0.1, 0.15) is 17.6 Å². The number of rotatable bonds is 4. The van der Waals surface area contributed by atoms with Gasteiger partial charge in [-0.1, -0.05) is 0 Å². The standard InChI is InChI=1S/C8H11NO2S/c1-6(10)3-7-5-12-8(9-7)4-11-2/h5H,3-4H2,1-2H3. The van der Waals surface area contributed by atoms with Crippen molar-refractivity contribution >= 4 is 17.1 Å². The molecule has 0 radical (unpaired) electrons. The zero-order valence-corrected chi connectivity index (χ0v) is 7.98. The van der Waals surface area contributed by atoms with Crippen molar-refractivity contribution in [1.29, 1.82) is 0 Å². The highest BCUT2D eigenvalue weighted by Gasteiger charge is 2.03. The van der Waals surface area contributed by atoms with Gasteiger partial charge in [0.1, 0.15) is 10.8 Å². The SMILES string of the molecule is COCc1nc(CC(C)=O)cs1. The molecule has 0 spiro atoms. The molecule has 0 aliphatic rings. The summed E-state index contributed by atoms with van der Waals surface area (Å²) in [7, 11) is 1.63. The van der Waals surface area contributed by atoms with Gasteiger partial charge in [-0.2, -0.15) is 0 Å². The van der Waals surface area contributed by atoms with Crippen LogP contribution in [0, 0.1) is 0 Å². The lowest BCUT2D eigenvalue weighted by Gasteiger charge is -1.90. The van der Waals surface area contributed by atoms with Crippen LogP contribution in [0.25, 0.3) is 0 Å². The second-order valence-corrected chi connectivity index (χ2v) is 3.49. The Morgan fingerprint density at radius 2 is 2.50 bits per heavy atom. The fourth-order valence-corrected chi connectivity index (χ4v) is 1.64. The number of aromatic nitrogens is 1. The van der Waals surface area contributed by atoms with Gasteiger partial charge in [-0.25, -0.2) is 4.98 Å². The second kappa shape index (κ2) is 4.33. The summed E-state index contributed by atoms with van der Waals surface area (Å²) in [6.07, 6.45) is 0.431. The number of carbonyl (C=O) groups excluding carboxylic acids is 1. The third-order valence-corrected chi connectivity index (χ3v) is 2.17. The van der Waals surface area contributed by atoms with Crippen molar-refractivity contribution in [3.05, 3.63) is 16.1 Å². The number of Topliss-reactive ketones (excluding diaryl/α,β-unsaturated/α-hetero) is 1. The first-order valence-electron chi connectivity index (χ1n) is 3.64. The lowest BCUT2D eigenvalue weighted by atomic mass is 10.3. The molecule has 0 bridgehead atoms. The fourth-order valence-electron chi connectivity index (χ4n) is 0.875. The minimum atomic E-state index is 0.143. The Morgan fingerprint density at radius 3 is 3.08 bits per heavy atom. The zero-order valence-electron chi connectivity index (χ0n) is 7.16. The van der Waals surface area contributed by atoms with Gasteiger partial charge in [0.25, 0.3) is 0 Å². The smallest absolute Gasteiger partial charge is 0.135 e. The largest absolute Gasteiger partial charge is 0.378 e. The average molecular weight is 185 g/mol. The number of thiazole rings is 1. The van der Waals surface area contributed by atoms with Crippen LogP contribution in [0.4, 0.5) is 0 Å². The van der Waals surface area contributed by atoms with Gasteiger partial charge < -0.3 is 4.74 Å². The second-order valence-electron chi connectivity index (χ2n) is 2.54. The van der Waals surface area contributed by atoms with Gasteiger partial charge in [-0.15, -0.1) is 11.3 Å². The third kappa shape index (κ3) is 2.71. The van der Waals surface area contributed by atoms with Crippen molar-refractivity contribution in [2.24, 2.45) is 0 Å². The lowest BCUT2D eigenvalue weighted by Crippen LogP contribution is -1.96. The number of hydrogen-bond donors (Lipinski definition) is 0. The molecule has 0 aliphatic carbocycles. The van der Waals surface area contributed by atoms with Crippen LogP contribution < -0.4 is 0 Å². The van der Waals surface area contributed by atoms with E-state index in [-0.39, 0.29) is 5.78 Å². The molecule has 0 aliphatic heterocycles. The average Bonchev–Trinajstić information content (AvgIpc) is 2.36. The summed E-state index contributed by atoms with van der Waals surface area (Å²) in [4.78, 5) is 14.9. The summed E-state index contributed by atoms with van der Waals surface area (Å²) in [6, 6.07) is 0. The normalized spacial score (nSPS) is 10.2. The molecule has 0 aromatic carbocycles. The first-order valence-corrected chi connectivity index (χ1v) is 4.52. The fraction of sp³-hybridized carbons (Fsp3) is 0.500. The minimum absolute atomic E-state index is 0.143. The molecule has 0 N–H and O–H groups in total. The van der Waals surface area contributed by atoms with Crippen molar-refractivity contribution in [2.45, 2.75) is 20.0 Å². The van der Waals surface area contributed by atoms with Gasteiger partial charge in [0.15, 0.2) is 0 Å². The van der Waals surface area contributed by atoms with Crippen LogP contribution in [0.3, 0.4) is 0 Å². The van der Waals surface area contributed by atoms with E-state index in [1.807, 2.05) is 5.38 Å². The number of ether oxygens (including phenoxy) is 1. The van der Waals surface area contributed by atoms with Gasteiger partial charge in [-0.3, -0.25) is 4.79 Å². The Kier molecular flexibility index (Phi) is 3.37. The van der Waals surface area contributed by atoms with Crippen molar-refractivity contribution < 1.29 is 9.53 Å². The van der Waals surface area contributed by atoms with Crippen LogP contribution in [-0.4, -0.2) is 17.9 Å². The topological polar surface area (TPSA) is 39.2 Å². The molecule has 3 nitrogen and oxygen atoms in total. The van der Waals surface area contributed by atoms with Gasteiger partial charge in [0.2, 0.25) is 0 Å². The van der Waals surface area contributed by atoms with E-state index < -0.39 is 0 Å². The predicted molar refractivity (Wildman–Crippen MR) is 47.2 cm³/mol. The van der Waals surface area contributed by atoms with E-state index in [9.17, 15) is 4.79 Å². The van der Waals surface area contributed by atoms with Gasteiger partial charge in [0.05, 0.1) is 12.3 Å². The van der Waals surface area contributed by atoms with Gasteiger partial charge >= 0.3 is 0 Å². The highest BCUT2D eigenvalue weighted by molar-refractivity contribution is 7.09. The maximum Gasteiger partial charge on any atom is 0.135 e. The molecule has 12 heavy (non-hydrogen) atoms. The third-order valence-electron chi connectivity index (χ3n) is 1.30. The monoisotopic (exact) mass is 185 g/mol. The number of hydrogen-bond acceptors (Lipinski definition) is 4. The minimum Gasteiger partial charge on any atom is -0.378 e. The van der Waals surface area contributed by atoms with E-state index in [2.05, 4.69) is 4.98 Å². The maximum absolute atomic E-state index is 10.7. The molecule has 0 atom stereocenters. The number of nitrogens with zero attached hydrogens (tertiary/aromatic N) is 1. The van der Waals surface area contributed by atoms with Crippen LogP contribution in [0.2, 0.25) is 0 Å². The summed E-state index contributed by atoms with van der Waals surface area (Å²) >= 11 is 1.53. The van der Waals surface area contributed by atoms with E-state index in [0.29, 0.717) is 13.0 Å². The molecular formula is C8H11NO2S. The molecule has 0 fully saturated rings. The molecular weight excluding hydrogens is 174 g/mol. The van der Waals surface area contributed by atoms with E-state index in [4.69, 9.17) is 4.74 Å². The predicted octanol–water partition coefficient (Wildman–Crippen LogP) is 1.42. The molecule has 0 saturated carbocycles. The molecule has 1 aromatic heterocycles. The van der Waals surface area contributed by atoms with E-state index >= 15 is 0 Å². The van der Waals surface area contributed by atoms with Crippen LogP contribution in [-0.2, 0) is 22.6 Å². The molecule has 0 saturated heterocycles. The molecule has 0 unspecified atom stereocenters. The van der Waals surface area contributed by atoms with Crippen molar-refractivity contribution in [3.63, 3.8) is 0 Å². The molecule has 1 heterocycles. The molecule has 1 aromatic rings. The Morgan fingerprint density at radius 1 is 1.75 bits per heavy atom. The summed E-state index contributed by atoms with van der Waals surface area (Å²) in [5.74, 6) is 0.143. The Hall–Kier alpha value is -0.740. The summed E-state index contributed by atoms with van der Waals surface area (Å²) in [6.45, 7) is 2.10. The molecule has 66 valence electrons. The van der Waals surface area contributed by atoms with E-state index in [1.165, 1.54) is 11.3 Å². The molecule has 0 amide bonds. The number of carbonyl (C=O) groups is 1. The lowest BCUT2D eigenvalue weighted by molar-refractivity contribution is -0.116. The molecule has 4 heteroatoms. The van der Waals surface area contributed by atoms with Gasteiger partial charge in [-0.05, 0) is 6.92 Å². The van der Waals surface area contributed by atoms with Crippen LogP contribution in [0.5, 0.6) is 0 Å². The van der Waals surface area contributed by atoms with Crippen molar-refractivity contribution in [1.82, 2.24) is 4.98 Å². The first-order chi connectivity index (χ1) is 5.72.